The van der Waals surface area contributed by atoms with E-state index in [-0.39, 0.29) is 5.69 Å². The van der Waals surface area contributed by atoms with Crippen LogP contribution in [0.5, 0.6) is 5.75 Å². The first kappa shape index (κ1) is 18.5. The monoisotopic (exact) mass is 423 g/mol. The lowest BCUT2D eigenvalue weighted by Crippen LogP contribution is -2.18. The van der Waals surface area contributed by atoms with Crippen LogP contribution in [-0.2, 0) is 0 Å². The molecule has 27 heavy (non-hydrogen) atoms. The number of nitrogens with zero attached hydrogens (tertiary/aromatic N) is 2. The minimum Gasteiger partial charge on any atom is -0.423 e. The Morgan fingerprint density at radius 1 is 1.04 bits per heavy atom. The van der Waals surface area contributed by atoms with Crippen molar-refractivity contribution in [2.75, 3.05) is 0 Å². The summed E-state index contributed by atoms with van der Waals surface area (Å²) in [5.74, 6) is -0.429. The molecule has 3 aromatic rings. The summed E-state index contributed by atoms with van der Waals surface area (Å²) in [6, 6.07) is 18.8. The normalized spacial score (nSPS) is 10.6. The Morgan fingerprint density at radius 3 is 2.56 bits per heavy atom. The molecule has 1 heterocycles. The molecule has 1 aromatic heterocycles. The van der Waals surface area contributed by atoms with Gasteiger partial charge in [0.15, 0.2) is 0 Å². The van der Waals surface area contributed by atoms with Crippen molar-refractivity contribution in [2.45, 2.75) is 0 Å². The first-order valence-corrected chi connectivity index (χ1v) is 8.73. The summed E-state index contributed by atoms with van der Waals surface area (Å²) in [6.07, 6.45) is 3.02. The third kappa shape index (κ3) is 5.32. The Balaban J connectivity index is 1.57. The second kappa shape index (κ2) is 8.86. The van der Waals surface area contributed by atoms with Crippen molar-refractivity contribution < 1.29 is 14.3 Å². The first-order valence-electron chi connectivity index (χ1n) is 7.94. The summed E-state index contributed by atoms with van der Waals surface area (Å²) in [4.78, 5) is 27.9. The summed E-state index contributed by atoms with van der Waals surface area (Å²) < 4.78 is 6.13. The highest BCUT2D eigenvalue weighted by atomic mass is 79.9. The van der Waals surface area contributed by atoms with E-state index in [0.717, 1.165) is 10.0 Å². The Morgan fingerprint density at radius 2 is 1.85 bits per heavy atom. The van der Waals surface area contributed by atoms with Gasteiger partial charge in [-0.2, -0.15) is 5.10 Å². The largest absolute Gasteiger partial charge is 0.423 e. The highest BCUT2D eigenvalue weighted by molar-refractivity contribution is 9.10. The molecule has 0 bridgehead atoms. The van der Waals surface area contributed by atoms with Gasteiger partial charge in [-0.05, 0) is 60.2 Å². The number of esters is 1. The Kier molecular flexibility index (Phi) is 6.06. The number of hydrogen-bond acceptors (Lipinski definition) is 5. The van der Waals surface area contributed by atoms with E-state index in [4.69, 9.17) is 4.74 Å². The summed E-state index contributed by atoms with van der Waals surface area (Å²) in [5, 5.41) is 3.89. The number of aromatic nitrogens is 1. The van der Waals surface area contributed by atoms with E-state index < -0.39 is 11.9 Å². The van der Waals surface area contributed by atoms with Crippen LogP contribution in [0.4, 0.5) is 0 Å². The van der Waals surface area contributed by atoms with E-state index in [1.54, 1.807) is 60.7 Å². The van der Waals surface area contributed by atoms with Gasteiger partial charge < -0.3 is 4.74 Å². The standard InChI is InChI=1S/C20H14BrN3O3/c21-16-5-3-4-15(12-16)20(26)27-17-9-7-14(8-10-17)13-23-24-19(25)18-6-1-2-11-22-18/h1-13H,(H,24,25)/b23-13-. The van der Waals surface area contributed by atoms with Crippen molar-refractivity contribution >= 4 is 34.0 Å². The van der Waals surface area contributed by atoms with Crippen LogP contribution in [0.2, 0.25) is 0 Å². The molecular weight excluding hydrogens is 410 g/mol. The minimum atomic E-state index is -0.444. The van der Waals surface area contributed by atoms with Gasteiger partial charge in [-0.1, -0.05) is 28.1 Å². The highest BCUT2D eigenvalue weighted by Crippen LogP contribution is 2.16. The average Bonchev–Trinajstić information content (AvgIpc) is 2.70. The van der Waals surface area contributed by atoms with Gasteiger partial charge in [0.1, 0.15) is 11.4 Å². The SMILES string of the molecule is O=C(Oc1ccc(/C=N\NC(=O)c2ccccn2)cc1)c1cccc(Br)c1. The molecule has 1 amide bonds. The maximum absolute atomic E-state index is 12.1. The minimum absolute atomic E-state index is 0.282. The fourth-order valence-electron chi connectivity index (χ4n) is 2.12. The topological polar surface area (TPSA) is 80.6 Å². The lowest BCUT2D eigenvalue weighted by Gasteiger charge is -2.05. The van der Waals surface area contributed by atoms with Gasteiger partial charge in [0, 0.05) is 10.7 Å². The van der Waals surface area contributed by atoms with Crippen LogP contribution in [0, 0.1) is 0 Å². The third-order valence-electron chi connectivity index (χ3n) is 3.43. The molecule has 6 nitrogen and oxygen atoms in total. The molecule has 2 aromatic carbocycles. The number of hydrazone groups is 1. The van der Waals surface area contributed by atoms with Crippen LogP contribution in [0.3, 0.4) is 0 Å². The van der Waals surface area contributed by atoms with E-state index in [0.29, 0.717) is 11.3 Å². The number of nitrogens with one attached hydrogen (secondary N) is 1. The summed E-state index contributed by atoms with van der Waals surface area (Å²) in [6.45, 7) is 0. The quantitative estimate of drug-likeness (QED) is 0.292. The fraction of sp³-hybridized carbons (Fsp3) is 0. The zero-order valence-electron chi connectivity index (χ0n) is 14.0. The molecule has 0 aliphatic carbocycles. The molecule has 3 rings (SSSR count). The maximum atomic E-state index is 12.1. The number of hydrogen-bond donors (Lipinski definition) is 1. The lowest BCUT2D eigenvalue weighted by molar-refractivity contribution is 0.0734. The van der Waals surface area contributed by atoms with Gasteiger partial charge in [0.25, 0.3) is 5.91 Å². The fourth-order valence-corrected chi connectivity index (χ4v) is 2.52. The molecule has 0 radical (unpaired) electrons. The lowest BCUT2D eigenvalue weighted by atomic mass is 10.2. The smallest absolute Gasteiger partial charge is 0.343 e. The molecule has 0 unspecified atom stereocenters. The number of ether oxygens (including phenoxy) is 1. The predicted molar refractivity (Wildman–Crippen MR) is 105 cm³/mol. The van der Waals surface area contributed by atoms with E-state index in [9.17, 15) is 9.59 Å². The molecule has 0 aliphatic heterocycles. The number of benzene rings is 2. The van der Waals surface area contributed by atoms with E-state index in [1.165, 1.54) is 12.4 Å². The van der Waals surface area contributed by atoms with Crippen LogP contribution < -0.4 is 10.2 Å². The second-order valence-corrected chi connectivity index (χ2v) is 6.30. The zero-order valence-corrected chi connectivity index (χ0v) is 15.6. The molecule has 1 N–H and O–H groups in total. The van der Waals surface area contributed by atoms with Crippen LogP contribution in [0.1, 0.15) is 26.4 Å². The average molecular weight is 424 g/mol. The van der Waals surface area contributed by atoms with E-state index in [2.05, 4.69) is 31.4 Å². The van der Waals surface area contributed by atoms with Crippen LogP contribution >= 0.6 is 15.9 Å². The van der Waals surface area contributed by atoms with Crippen molar-refractivity contribution in [1.82, 2.24) is 10.4 Å². The van der Waals surface area contributed by atoms with Crippen molar-refractivity contribution in [3.63, 3.8) is 0 Å². The summed E-state index contributed by atoms with van der Waals surface area (Å²) >= 11 is 3.32. The number of amides is 1. The number of halogens is 1. The molecule has 0 fully saturated rings. The number of carbonyl (C=O) groups is 2. The van der Waals surface area contributed by atoms with Crippen molar-refractivity contribution in [2.24, 2.45) is 5.10 Å². The van der Waals surface area contributed by atoms with Crippen molar-refractivity contribution in [1.29, 1.82) is 0 Å². The van der Waals surface area contributed by atoms with Gasteiger partial charge in [0.05, 0.1) is 11.8 Å². The zero-order chi connectivity index (χ0) is 19.1. The molecule has 0 aliphatic rings. The van der Waals surface area contributed by atoms with Gasteiger partial charge in [-0.15, -0.1) is 0 Å². The van der Waals surface area contributed by atoms with Crippen LogP contribution in [0.15, 0.2) is 82.5 Å². The van der Waals surface area contributed by atoms with Crippen molar-refractivity contribution in [3.05, 3.63) is 94.2 Å². The molecule has 7 heteroatoms. The van der Waals surface area contributed by atoms with Gasteiger partial charge in [-0.3, -0.25) is 9.78 Å². The number of carbonyl (C=O) groups excluding carboxylic acids is 2. The highest BCUT2D eigenvalue weighted by Gasteiger charge is 2.08. The van der Waals surface area contributed by atoms with Crippen molar-refractivity contribution in [3.8, 4) is 5.75 Å². The molecular formula is C20H14BrN3O3. The van der Waals surface area contributed by atoms with E-state index in [1.807, 2.05) is 6.07 Å². The number of rotatable bonds is 5. The van der Waals surface area contributed by atoms with Gasteiger partial charge in [0.2, 0.25) is 0 Å². The first-order chi connectivity index (χ1) is 13.1. The predicted octanol–water partition coefficient (Wildman–Crippen LogP) is 3.83. The van der Waals surface area contributed by atoms with Crippen LogP contribution in [0.25, 0.3) is 0 Å². The Bertz CT molecular complexity index is 973. The molecule has 0 spiro atoms. The maximum Gasteiger partial charge on any atom is 0.343 e. The third-order valence-corrected chi connectivity index (χ3v) is 3.92. The Labute approximate surface area is 164 Å². The van der Waals surface area contributed by atoms with Crippen LogP contribution in [-0.4, -0.2) is 23.1 Å². The van der Waals surface area contributed by atoms with E-state index >= 15 is 0 Å². The summed E-state index contributed by atoms with van der Waals surface area (Å²) in [5.41, 5.74) is 3.87. The Hall–Kier alpha value is -3.32. The molecule has 0 atom stereocenters. The molecule has 0 saturated carbocycles. The molecule has 0 saturated heterocycles. The molecule has 134 valence electrons. The van der Waals surface area contributed by atoms with Gasteiger partial charge >= 0.3 is 5.97 Å². The second-order valence-electron chi connectivity index (χ2n) is 5.38. The van der Waals surface area contributed by atoms with Gasteiger partial charge in [-0.25, -0.2) is 10.2 Å². The summed E-state index contributed by atoms with van der Waals surface area (Å²) in [7, 11) is 0. The number of pyridine rings is 1.